The van der Waals surface area contributed by atoms with Crippen molar-refractivity contribution in [2.45, 2.75) is 25.8 Å². The van der Waals surface area contributed by atoms with Gasteiger partial charge in [0, 0.05) is 12.1 Å². The Hall–Kier alpha value is -1.85. The molecule has 3 N–H and O–H groups in total. The van der Waals surface area contributed by atoms with Crippen LogP contribution in [0.15, 0.2) is 12.1 Å². The Bertz CT molecular complexity index is 421. The van der Waals surface area contributed by atoms with Crippen LogP contribution >= 0.6 is 0 Å². The number of hydrogen-bond donors (Lipinski definition) is 2. The number of nitro groups is 1. The van der Waals surface area contributed by atoms with E-state index < -0.39 is 4.92 Å². The van der Waals surface area contributed by atoms with Crippen LogP contribution in [0.3, 0.4) is 0 Å². The summed E-state index contributed by atoms with van der Waals surface area (Å²) in [4.78, 5) is 14.0. The fourth-order valence-corrected chi connectivity index (χ4v) is 1.77. The second-order valence-electron chi connectivity index (χ2n) is 4.01. The average Bonchev–Trinajstić information content (AvgIpc) is 2.96. The van der Waals surface area contributed by atoms with Crippen LogP contribution < -0.4 is 11.1 Å². The van der Waals surface area contributed by atoms with E-state index in [9.17, 15) is 10.1 Å². The van der Waals surface area contributed by atoms with E-state index in [2.05, 4.69) is 17.2 Å². The van der Waals surface area contributed by atoms with Gasteiger partial charge in [0.05, 0.1) is 4.92 Å². The SMILES string of the molecule is CCC1CC1Nc1ccc([N+](=O)[O-])c(N)n1. The summed E-state index contributed by atoms with van der Waals surface area (Å²) in [5.74, 6) is 1.27. The first-order chi connectivity index (χ1) is 7.61. The van der Waals surface area contributed by atoms with Crippen LogP contribution in [0.5, 0.6) is 0 Å². The van der Waals surface area contributed by atoms with E-state index in [4.69, 9.17) is 5.73 Å². The van der Waals surface area contributed by atoms with Crippen LogP contribution in [0.1, 0.15) is 19.8 Å². The van der Waals surface area contributed by atoms with E-state index in [1.54, 1.807) is 6.07 Å². The molecule has 2 rings (SSSR count). The molecule has 0 spiro atoms. The van der Waals surface area contributed by atoms with Gasteiger partial charge in [-0.2, -0.15) is 0 Å². The molecular formula is C10H14N4O2. The van der Waals surface area contributed by atoms with Gasteiger partial charge in [0.25, 0.3) is 0 Å². The number of nitrogens with two attached hydrogens (primary N) is 1. The van der Waals surface area contributed by atoms with Crippen molar-refractivity contribution >= 4 is 17.3 Å². The lowest BCUT2D eigenvalue weighted by Crippen LogP contribution is -2.08. The quantitative estimate of drug-likeness (QED) is 0.598. The molecule has 1 saturated carbocycles. The van der Waals surface area contributed by atoms with Gasteiger partial charge in [-0.05, 0) is 18.4 Å². The second kappa shape index (κ2) is 3.96. The summed E-state index contributed by atoms with van der Waals surface area (Å²) in [7, 11) is 0. The maximum Gasteiger partial charge on any atom is 0.311 e. The maximum absolute atomic E-state index is 10.5. The van der Waals surface area contributed by atoms with Crippen molar-refractivity contribution in [2.75, 3.05) is 11.1 Å². The van der Waals surface area contributed by atoms with Crippen molar-refractivity contribution in [1.82, 2.24) is 4.98 Å². The Morgan fingerprint density at radius 3 is 2.94 bits per heavy atom. The molecule has 1 aromatic rings. The molecule has 6 nitrogen and oxygen atoms in total. The first-order valence-electron chi connectivity index (χ1n) is 5.29. The Morgan fingerprint density at radius 2 is 2.44 bits per heavy atom. The van der Waals surface area contributed by atoms with Crippen LogP contribution in [-0.4, -0.2) is 15.9 Å². The number of pyridine rings is 1. The molecule has 1 aliphatic carbocycles. The van der Waals surface area contributed by atoms with Crippen molar-refractivity contribution in [3.63, 3.8) is 0 Å². The van der Waals surface area contributed by atoms with Crippen molar-refractivity contribution in [2.24, 2.45) is 5.92 Å². The molecular weight excluding hydrogens is 208 g/mol. The van der Waals surface area contributed by atoms with Crippen LogP contribution in [0.4, 0.5) is 17.3 Å². The Morgan fingerprint density at radius 1 is 1.69 bits per heavy atom. The first kappa shape index (κ1) is 10.7. The number of nitrogens with zero attached hydrogens (tertiary/aromatic N) is 2. The highest BCUT2D eigenvalue weighted by atomic mass is 16.6. The van der Waals surface area contributed by atoms with Gasteiger partial charge in [-0.25, -0.2) is 4.98 Å². The molecule has 2 unspecified atom stereocenters. The van der Waals surface area contributed by atoms with Crippen molar-refractivity contribution in [1.29, 1.82) is 0 Å². The molecule has 0 saturated heterocycles. The summed E-state index contributed by atoms with van der Waals surface area (Å²) in [6.45, 7) is 2.14. The van der Waals surface area contributed by atoms with Gasteiger partial charge < -0.3 is 11.1 Å². The van der Waals surface area contributed by atoms with Crippen LogP contribution in [0.25, 0.3) is 0 Å². The molecule has 0 bridgehead atoms. The number of aromatic nitrogens is 1. The molecule has 0 aromatic carbocycles. The average molecular weight is 222 g/mol. The topological polar surface area (TPSA) is 94.1 Å². The van der Waals surface area contributed by atoms with Gasteiger partial charge >= 0.3 is 5.69 Å². The van der Waals surface area contributed by atoms with Gasteiger partial charge in [0.2, 0.25) is 5.82 Å². The smallest absolute Gasteiger partial charge is 0.311 e. The number of anilines is 2. The zero-order chi connectivity index (χ0) is 11.7. The van der Waals surface area contributed by atoms with E-state index in [0.717, 1.165) is 12.8 Å². The Kier molecular flexibility index (Phi) is 2.64. The van der Waals surface area contributed by atoms with Gasteiger partial charge in [-0.15, -0.1) is 0 Å². The van der Waals surface area contributed by atoms with Crippen LogP contribution in [-0.2, 0) is 0 Å². The maximum atomic E-state index is 10.5. The molecule has 86 valence electrons. The summed E-state index contributed by atoms with van der Waals surface area (Å²) in [6, 6.07) is 3.42. The number of rotatable bonds is 4. The highest BCUT2D eigenvalue weighted by molar-refractivity contribution is 5.57. The summed E-state index contributed by atoms with van der Waals surface area (Å²) < 4.78 is 0. The third kappa shape index (κ3) is 2.05. The molecule has 0 radical (unpaired) electrons. The van der Waals surface area contributed by atoms with Gasteiger partial charge in [0.1, 0.15) is 5.82 Å². The normalized spacial score (nSPS) is 22.8. The number of nitrogens with one attached hydrogen (secondary N) is 1. The first-order valence-corrected chi connectivity index (χ1v) is 5.29. The van der Waals surface area contributed by atoms with Gasteiger partial charge in [-0.3, -0.25) is 10.1 Å². The molecule has 6 heteroatoms. The molecule has 0 aliphatic heterocycles. The number of hydrogen-bond acceptors (Lipinski definition) is 5. The fourth-order valence-electron chi connectivity index (χ4n) is 1.77. The lowest BCUT2D eigenvalue weighted by Gasteiger charge is -2.05. The summed E-state index contributed by atoms with van der Waals surface area (Å²) in [6.07, 6.45) is 2.27. The van der Waals surface area contributed by atoms with E-state index in [1.165, 1.54) is 6.07 Å². The Labute approximate surface area is 93.0 Å². The minimum Gasteiger partial charge on any atom is -0.378 e. The molecule has 2 atom stereocenters. The molecule has 1 fully saturated rings. The minimum atomic E-state index is -0.530. The molecule has 1 aromatic heterocycles. The van der Waals surface area contributed by atoms with E-state index in [1.807, 2.05) is 0 Å². The predicted molar refractivity (Wildman–Crippen MR) is 61.1 cm³/mol. The highest BCUT2D eigenvalue weighted by Crippen LogP contribution is 2.36. The predicted octanol–water partition coefficient (Wildman–Crippen LogP) is 1.78. The lowest BCUT2D eigenvalue weighted by molar-refractivity contribution is -0.384. The van der Waals surface area contributed by atoms with Crippen molar-refractivity contribution < 1.29 is 4.92 Å². The summed E-state index contributed by atoms with van der Waals surface area (Å²) >= 11 is 0. The molecule has 1 heterocycles. The standard InChI is InChI=1S/C10H14N4O2/c1-2-6-5-7(6)12-9-4-3-8(14(15)16)10(11)13-9/h3-4,6-7H,2,5H2,1H3,(H3,11,12,13). The van der Waals surface area contributed by atoms with Crippen molar-refractivity contribution in [3.05, 3.63) is 22.2 Å². The highest BCUT2D eigenvalue weighted by Gasteiger charge is 2.35. The summed E-state index contributed by atoms with van der Waals surface area (Å²) in [5.41, 5.74) is 5.35. The second-order valence-corrected chi connectivity index (χ2v) is 4.01. The van der Waals surface area contributed by atoms with E-state index >= 15 is 0 Å². The monoisotopic (exact) mass is 222 g/mol. The van der Waals surface area contributed by atoms with Gasteiger partial charge in [0.15, 0.2) is 0 Å². The number of nitrogen functional groups attached to an aromatic ring is 1. The van der Waals surface area contributed by atoms with Crippen LogP contribution in [0, 0.1) is 16.0 Å². The minimum absolute atomic E-state index is 0.0382. The third-order valence-electron chi connectivity index (χ3n) is 2.88. The lowest BCUT2D eigenvalue weighted by atomic mass is 10.3. The molecule has 16 heavy (non-hydrogen) atoms. The van der Waals surface area contributed by atoms with Crippen molar-refractivity contribution in [3.8, 4) is 0 Å². The Balaban J connectivity index is 2.07. The molecule has 0 amide bonds. The molecule has 1 aliphatic rings. The third-order valence-corrected chi connectivity index (χ3v) is 2.88. The van der Waals surface area contributed by atoms with Gasteiger partial charge in [-0.1, -0.05) is 13.3 Å². The van der Waals surface area contributed by atoms with E-state index in [0.29, 0.717) is 17.8 Å². The summed E-state index contributed by atoms with van der Waals surface area (Å²) in [5, 5.41) is 13.7. The zero-order valence-electron chi connectivity index (χ0n) is 9.01. The van der Waals surface area contributed by atoms with E-state index in [-0.39, 0.29) is 11.5 Å². The zero-order valence-corrected chi connectivity index (χ0v) is 9.01. The fraction of sp³-hybridized carbons (Fsp3) is 0.500. The van der Waals surface area contributed by atoms with Crippen LogP contribution in [0.2, 0.25) is 0 Å². The largest absolute Gasteiger partial charge is 0.378 e.